The van der Waals surface area contributed by atoms with E-state index in [0.29, 0.717) is 51.3 Å². The maximum Gasteiger partial charge on any atom is 0.301 e. The Balaban J connectivity index is 1.70. The molecule has 3 aromatic heterocycles. The van der Waals surface area contributed by atoms with E-state index in [1.807, 2.05) is 6.07 Å². The second-order valence-electron chi connectivity index (χ2n) is 10.1. The van der Waals surface area contributed by atoms with E-state index in [4.69, 9.17) is 9.47 Å². The summed E-state index contributed by atoms with van der Waals surface area (Å²) in [5.41, 5.74) is 2.20. The van der Waals surface area contributed by atoms with Crippen molar-refractivity contribution < 1.29 is 29.0 Å². The average Bonchev–Trinajstić information content (AvgIpc) is 3.61. The van der Waals surface area contributed by atoms with Gasteiger partial charge in [0.05, 0.1) is 41.6 Å². The molecular weight excluding hydrogens is 556 g/mol. The minimum Gasteiger partial charge on any atom is -0.505 e. The summed E-state index contributed by atoms with van der Waals surface area (Å²) < 4.78 is 13.3. The number of pyridine rings is 1. The molecule has 1 fully saturated rings. The molecule has 218 valence electrons. The minimum absolute atomic E-state index is 0.121. The molecule has 1 unspecified atom stereocenters. The number of carbonyl (C=O) groups is 3. The van der Waals surface area contributed by atoms with E-state index >= 15 is 0 Å². The molecule has 0 spiro atoms. The number of aliphatic hydroxyl groups excluding tert-OH is 1. The lowest BCUT2D eigenvalue weighted by Gasteiger charge is -2.24. The normalized spacial score (nSPS) is 16.4. The lowest BCUT2D eigenvalue weighted by molar-refractivity contribution is -0.132. The van der Waals surface area contributed by atoms with Crippen LogP contribution in [0.1, 0.15) is 71.5 Å². The number of thiazole rings is 1. The number of Topliss-reactive ketones (excluding diaryl/α,β-unsaturated/α-hetero) is 2. The van der Waals surface area contributed by atoms with Gasteiger partial charge in [-0.2, -0.15) is 0 Å². The molecule has 0 saturated carbocycles. The maximum atomic E-state index is 13.7. The largest absolute Gasteiger partial charge is 0.505 e. The highest BCUT2D eigenvalue weighted by molar-refractivity contribution is 7.18. The van der Waals surface area contributed by atoms with Crippen LogP contribution in [0.3, 0.4) is 0 Å². The van der Waals surface area contributed by atoms with Crippen molar-refractivity contribution in [2.24, 2.45) is 0 Å². The molecule has 4 heterocycles. The van der Waals surface area contributed by atoms with Gasteiger partial charge in [0.1, 0.15) is 11.3 Å². The zero-order chi connectivity index (χ0) is 30.1. The van der Waals surface area contributed by atoms with Crippen LogP contribution in [-0.4, -0.2) is 50.7 Å². The van der Waals surface area contributed by atoms with Crippen molar-refractivity contribution in [1.29, 1.82) is 0 Å². The molecule has 1 amide bonds. The fourth-order valence-electron chi connectivity index (χ4n) is 5.19. The molecule has 1 aliphatic heterocycles. The van der Waals surface area contributed by atoms with Crippen LogP contribution in [0.15, 0.2) is 48.2 Å². The zero-order valence-corrected chi connectivity index (χ0v) is 24.9. The lowest BCUT2D eigenvalue weighted by Crippen LogP contribution is -2.29. The topological polar surface area (TPSA) is 123 Å². The number of carbonyl (C=O) groups excluding carboxylic acids is 3. The van der Waals surface area contributed by atoms with Gasteiger partial charge >= 0.3 is 5.91 Å². The number of amides is 1. The number of anilines is 1. The highest BCUT2D eigenvalue weighted by Gasteiger charge is 2.49. The fraction of sp³-hybridized carbons (Fsp3) is 0.323. The summed E-state index contributed by atoms with van der Waals surface area (Å²) in [5, 5.41) is 11.9. The van der Waals surface area contributed by atoms with Crippen molar-refractivity contribution in [3.63, 3.8) is 0 Å². The number of hydrogen-bond donors (Lipinski definition) is 1. The zero-order valence-electron chi connectivity index (χ0n) is 24.1. The van der Waals surface area contributed by atoms with Gasteiger partial charge in [-0.1, -0.05) is 43.2 Å². The van der Waals surface area contributed by atoms with Gasteiger partial charge in [-0.25, -0.2) is 9.97 Å². The third kappa shape index (κ3) is 5.04. The number of nitrogens with zero attached hydrogens (tertiary/aromatic N) is 4. The number of imidazole rings is 1. The second-order valence-corrected chi connectivity index (χ2v) is 11.1. The van der Waals surface area contributed by atoms with Gasteiger partial charge in [0, 0.05) is 13.1 Å². The van der Waals surface area contributed by atoms with Crippen LogP contribution in [0, 0.1) is 13.8 Å². The van der Waals surface area contributed by atoms with E-state index in [9.17, 15) is 19.5 Å². The Morgan fingerprint density at radius 3 is 2.55 bits per heavy atom. The first-order valence-corrected chi connectivity index (χ1v) is 14.5. The molecule has 10 nitrogen and oxygen atoms in total. The van der Waals surface area contributed by atoms with Gasteiger partial charge in [-0.05, 0) is 50.1 Å². The highest BCUT2D eigenvalue weighted by atomic mass is 32.1. The second kappa shape index (κ2) is 11.8. The Morgan fingerprint density at radius 1 is 1.07 bits per heavy atom. The quantitative estimate of drug-likeness (QED) is 0.0809. The number of aryl methyl sites for hydroxylation is 2. The van der Waals surface area contributed by atoms with Gasteiger partial charge in [0.2, 0.25) is 0 Å². The summed E-state index contributed by atoms with van der Waals surface area (Å²) in [7, 11) is 1.51. The van der Waals surface area contributed by atoms with Crippen LogP contribution in [0.25, 0.3) is 11.4 Å². The van der Waals surface area contributed by atoms with E-state index in [0.717, 1.165) is 30.6 Å². The van der Waals surface area contributed by atoms with Crippen molar-refractivity contribution >= 4 is 45.3 Å². The van der Waals surface area contributed by atoms with Gasteiger partial charge in [-0.3, -0.25) is 23.7 Å². The minimum atomic E-state index is -1.06. The number of aliphatic hydroxyl groups is 1. The van der Waals surface area contributed by atoms with Crippen molar-refractivity contribution in [3.05, 3.63) is 75.7 Å². The summed E-state index contributed by atoms with van der Waals surface area (Å²) in [6.45, 7) is 7.46. The Bertz CT molecular complexity index is 1740. The Kier molecular flexibility index (Phi) is 8.13. The SMILES string of the molecule is CCCCCOc1ccc(C2C(=C(O)c3c(C)nc4ccccn34)C(=O)C(=O)N2c2nc(C)c(C(C)=O)s2)cc1OC. The van der Waals surface area contributed by atoms with Crippen molar-refractivity contribution in [1.82, 2.24) is 14.4 Å². The maximum absolute atomic E-state index is 13.7. The number of aromatic nitrogens is 3. The molecule has 0 aliphatic carbocycles. The molecule has 4 aromatic rings. The van der Waals surface area contributed by atoms with Gasteiger partial charge in [0.25, 0.3) is 5.78 Å². The molecule has 1 aromatic carbocycles. The molecule has 42 heavy (non-hydrogen) atoms. The predicted octanol–water partition coefficient (Wildman–Crippen LogP) is 5.81. The van der Waals surface area contributed by atoms with Crippen LogP contribution in [0.4, 0.5) is 5.13 Å². The number of unbranched alkanes of at least 4 members (excludes halogenated alkanes) is 2. The van der Waals surface area contributed by atoms with Crippen LogP contribution in [0.2, 0.25) is 0 Å². The summed E-state index contributed by atoms with van der Waals surface area (Å²) in [5.74, 6) is -1.36. The van der Waals surface area contributed by atoms with Gasteiger partial charge in [0.15, 0.2) is 28.2 Å². The Morgan fingerprint density at radius 2 is 1.86 bits per heavy atom. The standard InChI is InChI=1S/C31H32N4O6S/c1-6-7-10-15-41-21-13-12-20(16-22(21)40-5)26-24(27(37)25-17(2)32-23-11-8-9-14-34(23)25)28(38)30(39)35(26)31-33-18(3)29(42-31)19(4)36/h8-9,11-14,16,26,37H,6-7,10,15H2,1-5H3. The number of methoxy groups -OCH3 is 1. The van der Waals surface area contributed by atoms with Crippen LogP contribution in [-0.2, 0) is 9.59 Å². The summed E-state index contributed by atoms with van der Waals surface area (Å²) >= 11 is 1.03. The number of fused-ring (bicyclic) bond motifs is 1. The van der Waals surface area contributed by atoms with Crippen molar-refractivity contribution in [2.45, 2.75) is 53.0 Å². The van der Waals surface area contributed by atoms with Crippen molar-refractivity contribution in [2.75, 3.05) is 18.6 Å². The summed E-state index contributed by atoms with van der Waals surface area (Å²) in [4.78, 5) is 50.3. The first-order chi connectivity index (χ1) is 20.2. The first-order valence-electron chi connectivity index (χ1n) is 13.7. The molecule has 1 atom stereocenters. The number of ether oxygens (including phenoxy) is 2. The van der Waals surface area contributed by atoms with E-state index in [-0.39, 0.29) is 22.2 Å². The number of rotatable bonds is 10. The van der Waals surface area contributed by atoms with Crippen LogP contribution >= 0.6 is 11.3 Å². The van der Waals surface area contributed by atoms with Crippen LogP contribution in [0.5, 0.6) is 11.5 Å². The van der Waals surface area contributed by atoms with E-state index in [2.05, 4.69) is 16.9 Å². The Hall–Kier alpha value is -4.51. The molecule has 0 bridgehead atoms. The third-order valence-corrected chi connectivity index (χ3v) is 8.45. The van der Waals surface area contributed by atoms with Crippen molar-refractivity contribution in [3.8, 4) is 11.5 Å². The highest BCUT2D eigenvalue weighted by Crippen LogP contribution is 2.45. The summed E-state index contributed by atoms with van der Waals surface area (Å²) in [6, 6.07) is 9.49. The van der Waals surface area contributed by atoms with E-state index in [1.54, 1.807) is 54.8 Å². The summed E-state index contributed by atoms with van der Waals surface area (Å²) in [6.07, 6.45) is 4.72. The molecule has 1 N–H and O–H groups in total. The molecule has 5 rings (SSSR count). The number of benzene rings is 1. The van der Waals surface area contributed by atoms with Gasteiger partial charge < -0.3 is 14.6 Å². The van der Waals surface area contributed by atoms with E-state index in [1.165, 1.54) is 18.9 Å². The number of hydrogen-bond acceptors (Lipinski definition) is 9. The average molecular weight is 589 g/mol. The molecule has 1 aliphatic rings. The Labute approximate surface area is 247 Å². The fourth-order valence-corrected chi connectivity index (χ4v) is 6.18. The van der Waals surface area contributed by atoms with Gasteiger partial charge in [-0.15, -0.1) is 0 Å². The molecule has 1 saturated heterocycles. The lowest BCUT2D eigenvalue weighted by atomic mass is 9.96. The monoisotopic (exact) mass is 588 g/mol. The van der Waals surface area contributed by atoms with E-state index < -0.39 is 17.7 Å². The van der Waals surface area contributed by atoms with Crippen LogP contribution < -0.4 is 14.4 Å². The molecule has 11 heteroatoms. The number of ketones is 2. The predicted molar refractivity (Wildman–Crippen MR) is 160 cm³/mol. The smallest absolute Gasteiger partial charge is 0.301 e. The third-order valence-electron chi connectivity index (χ3n) is 7.19. The molecule has 0 radical (unpaired) electrons. The molecular formula is C31H32N4O6S. The first kappa shape index (κ1) is 29.0.